The third-order valence-corrected chi connectivity index (χ3v) is 3.95. The Morgan fingerprint density at radius 1 is 1.35 bits per heavy atom. The average molecular weight is 289 g/mol. The molecule has 0 saturated carbocycles. The lowest BCUT2D eigenvalue weighted by Crippen LogP contribution is -2.51. The number of hydrogen-bond acceptors (Lipinski definition) is 3. The van der Waals surface area contributed by atoms with E-state index in [2.05, 4.69) is 17.2 Å². The standard InChI is InChI=1S/C16H17ClN2O/c1-11(15-7-8-18-15)20-13-9-14(16(17)19-10-13)12-5-3-2-4-6-12/h2-6,9-11,15,18H,7-8H2,1H3/t11?,15-/m1/s1. The summed E-state index contributed by atoms with van der Waals surface area (Å²) in [5, 5.41) is 3.85. The van der Waals surface area contributed by atoms with Crippen LogP contribution in [0.3, 0.4) is 0 Å². The van der Waals surface area contributed by atoms with Crippen LogP contribution in [0.25, 0.3) is 11.1 Å². The van der Waals surface area contributed by atoms with Crippen molar-refractivity contribution in [3.05, 3.63) is 47.7 Å². The van der Waals surface area contributed by atoms with Crippen LogP contribution in [0.15, 0.2) is 42.6 Å². The molecule has 1 aliphatic rings. The number of rotatable bonds is 4. The van der Waals surface area contributed by atoms with E-state index in [0.29, 0.717) is 11.2 Å². The van der Waals surface area contributed by atoms with Gasteiger partial charge in [0.1, 0.15) is 17.0 Å². The first-order valence-electron chi connectivity index (χ1n) is 6.85. The Bertz CT molecular complexity index is 584. The predicted octanol–water partition coefficient (Wildman–Crippen LogP) is 3.53. The molecule has 0 radical (unpaired) electrons. The van der Waals surface area contributed by atoms with E-state index in [9.17, 15) is 0 Å². The molecular formula is C16H17ClN2O. The van der Waals surface area contributed by atoms with Crippen molar-refractivity contribution in [3.63, 3.8) is 0 Å². The Labute approximate surface area is 123 Å². The van der Waals surface area contributed by atoms with Gasteiger partial charge in [0, 0.05) is 11.6 Å². The van der Waals surface area contributed by atoms with Crippen LogP contribution >= 0.6 is 11.6 Å². The Kier molecular flexibility index (Phi) is 3.90. The zero-order valence-electron chi connectivity index (χ0n) is 11.3. The van der Waals surface area contributed by atoms with Gasteiger partial charge in [-0.15, -0.1) is 0 Å². The highest BCUT2D eigenvalue weighted by Gasteiger charge is 2.24. The molecule has 1 aromatic heterocycles. The van der Waals surface area contributed by atoms with Crippen LogP contribution in [-0.2, 0) is 0 Å². The van der Waals surface area contributed by atoms with Gasteiger partial charge in [-0.3, -0.25) is 0 Å². The summed E-state index contributed by atoms with van der Waals surface area (Å²) < 4.78 is 5.95. The third-order valence-electron chi connectivity index (χ3n) is 3.65. The van der Waals surface area contributed by atoms with Crippen molar-refractivity contribution in [3.8, 4) is 16.9 Å². The zero-order valence-corrected chi connectivity index (χ0v) is 12.1. The van der Waals surface area contributed by atoms with Gasteiger partial charge in [0.2, 0.25) is 0 Å². The number of nitrogens with zero attached hydrogens (tertiary/aromatic N) is 1. The summed E-state index contributed by atoms with van der Waals surface area (Å²) >= 11 is 6.19. The second-order valence-electron chi connectivity index (χ2n) is 5.05. The molecule has 2 aromatic rings. The summed E-state index contributed by atoms with van der Waals surface area (Å²) in [5.74, 6) is 0.759. The number of halogens is 1. The molecule has 4 heteroatoms. The normalized spacial score (nSPS) is 19.2. The molecule has 0 aliphatic carbocycles. The van der Waals surface area contributed by atoms with Gasteiger partial charge in [0.15, 0.2) is 0 Å². The monoisotopic (exact) mass is 288 g/mol. The fourth-order valence-corrected chi connectivity index (χ4v) is 2.53. The molecule has 0 amide bonds. The highest BCUT2D eigenvalue weighted by atomic mass is 35.5. The van der Waals surface area contributed by atoms with E-state index in [0.717, 1.165) is 29.8 Å². The molecule has 1 N–H and O–H groups in total. The largest absolute Gasteiger partial charge is 0.487 e. The van der Waals surface area contributed by atoms with Gasteiger partial charge in [0.05, 0.1) is 6.20 Å². The van der Waals surface area contributed by atoms with Gasteiger partial charge in [0.25, 0.3) is 0 Å². The van der Waals surface area contributed by atoms with Gasteiger partial charge < -0.3 is 10.1 Å². The smallest absolute Gasteiger partial charge is 0.138 e. The first-order valence-corrected chi connectivity index (χ1v) is 7.23. The summed E-state index contributed by atoms with van der Waals surface area (Å²) in [7, 11) is 0. The van der Waals surface area contributed by atoms with Crippen LogP contribution in [0, 0.1) is 0 Å². The topological polar surface area (TPSA) is 34.1 Å². The number of pyridine rings is 1. The fourth-order valence-electron chi connectivity index (χ4n) is 2.32. The van der Waals surface area contributed by atoms with Gasteiger partial charge in [-0.2, -0.15) is 0 Å². The summed E-state index contributed by atoms with van der Waals surface area (Å²) in [4.78, 5) is 4.23. The van der Waals surface area contributed by atoms with Crippen molar-refractivity contribution in [2.45, 2.75) is 25.5 Å². The Balaban J connectivity index is 1.83. The number of aromatic nitrogens is 1. The van der Waals surface area contributed by atoms with E-state index in [1.165, 1.54) is 0 Å². The van der Waals surface area contributed by atoms with E-state index >= 15 is 0 Å². The SMILES string of the molecule is CC(Oc1cnc(Cl)c(-c2ccccc2)c1)[C@H]1CCN1. The maximum atomic E-state index is 6.19. The number of nitrogens with one attached hydrogen (secondary N) is 1. The highest BCUT2D eigenvalue weighted by Crippen LogP contribution is 2.30. The molecule has 2 heterocycles. The number of benzene rings is 1. The molecule has 1 aromatic carbocycles. The van der Waals surface area contributed by atoms with Gasteiger partial charge in [-0.25, -0.2) is 4.98 Å². The lowest BCUT2D eigenvalue weighted by atomic mass is 10.0. The molecule has 1 unspecified atom stereocenters. The quantitative estimate of drug-likeness (QED) is 0.874. The number of hydrogen-bond donors (Lipinski definition) is 1. The second-order valence-corrected chi connectivity index (χ2v) is 5.41. The van der Waals surface area contributed by atoms with Crippen LogP contribution in [0.1, 0.15) is 13.3 Å². The Hall–Kier alpha value is -1.58. The van der Waals surface area contributed by atoms with Crippen LogP contribution in [0.5, 0.6) is 5.75 Å². The predicted molar refractivity (Wildman–Crippen MR) is 81.2 cm³/mol. The lowest BCUT2D eigenvalue weighted by Gasteiger charge is -2.33. The summed E-state index contributed by atoms with van der Waals surface area (Å²) in [6.07, 6.45) is 2.98. The minimum absolute atomic E-state index is 0.135. The van der Waals surface area contributed by atoms with Crippen molar-refractivity contribution in [1.29, 1.82) is 0 Å². The van der Waals surface area contributed by atoms with E-state index in [-0.39, 0.29) is 6.10 Å². The summed E-state index contributed by atoms with van der Waals surface area (Å²) in [5.41, 5.74) is 1.95. The number of ether oxygens (including phenoxy) is 1. The molecule has 104 valence electrons. The van der Waals surface area contributed by atoms with E-state index < -0.39 is 0 Å². The minimum Gasteiger partial charge on any atom is -0.487 e. The van der Waals surface area contributed by atoms with Crippen molar-refractivity contribution in [2.24, 2.45) is 0 Å². The Morgan fingerprint density at radius 3 is 2.75 bits per heavy atom. The maximum absolute atomic E-state index is 6.19. The van der Waals surface area contributed by atoms with E-state index in [1.807, 2.05) is 36.4 Å². The van der Waals surface area contributed by atoms with Crippen molar-refractivity contribution in [2.75, 3.05) is 6.54 Å². The molecule has 3 rings (SSSR count). The Morgan fingerprint density at radius 2 is 2.10 bits per heavy atom. The van der Waals surface area contributed by atoms with Crippen molar-refractivity contribution >= 4 is 11.6 Å². The molecule has 3 nitrogen and oxygen atoms in total. The van der Waals surface area contributed by atoms with Crippen LogP contribution in [0.4, 0.5) is 0 Å². The second kappa shape index (κ2) is 5.81. The lowest BCUT2D eigenvalue weighted by molar-refractivity contribution is 0.133. The van der Waals surface area contributed by atoms with E-state index in [1.54, 1.807) is 6.20 Å². The van der Waals surface area contributed by atoms with Crippen LogP contribution in [0.2, 0.25) is 5.15 Å². The van der Waals surface area contributed by atoms with Crippen LogP contribution < -0.4 is 10.1 Å². The highest BCUT2D eigenvalue weighted by molar-refractivity contribution is 6.32. The fraction of sp³-hybridized carbons (Fsp3) is 0.312. The van der Waals surface area contributed by atoms with Crippen LogP contribution in [-0.4, -0.2) is 23.7 Å². The zero-order chi connectivity index (χ0) is 13.9. The minimum atomic E-state index is 0.135. The molecule has 1 saturated heterocycles. The molecule has 1 fully saturated rings. The van der Waals surface area contributed by atoms with Crippen molar-refractivity contribution < 1.29 is 4.74 Å². The third kappa shape index (κ3) is 2.79. The first-order chi connectivity index (χ1) is 9.74. The summed E-state index contributed by atoms with van der Waals surface area (Å²) in [6.45, 7) is 3.15. The average Bonchev–Trinajstić information content (AvgIpc) is 2.40. The molecule has 0 spiro atoms. The van der Waals surface area contributed by atoms with E-state index in [4.69, 9.17) is 16.3 Å². The molecule has 1 aliphatic heterocycles. The van der Waals surface area contributed by atoms with Crippen molar-refractivity contribution in [1.82, 2.24) is 10.3 Å². The van der Waals surface area contributed by atoms with Gasteiger partial charge in [-0.05, 0) is 31.5 Å². The maximum Gasteiger partial charge on any atom is 0.138 e. The molecule has 0 bridgehead atoms. The summed E-state index contributed by atoms with van der Waals surface area (Å²) in [6, 6.07) is 12.4. The molecule has 20 heavy (non-hydrogen) atoms. The van der Waals surface area contributed by atoms with Gasteiger partial charge >= 0.3 is 0 Å². The molecular weight excluding hydrogens is 272 g/mol. The molecule has 2 atom stereocenters. The first kappa shape index (κ1) is 13.4. The van der Waals surface area contributed by atoms with Gasteiger partial charge in [-0.1, -0.05) is 41.9 Å².